The third-order valence-electron chi connectivity index (χ3n) is 3.40. The number of carbonyl (C=O) groups is 1. The molecular formula is C16H19N3O4. The first-order chi connectivity index (χ1) is 10.9. The molecule has 0 radical (unpaired) electrons. The van der Waals surface area contributed by atoms with Gasteiger partial charge in [-0.1, -0.05) is 13.8 Å². The van der Waals surface area contributed by atoms with Crippen LogP contribution in [0.5, 0.6) is 0 Å². The van der Waals surface area contributed by atoms with Crippen LogP contribution in [0.15, 0.2) is 30.6 Å². The largest absolute Gasteiger partial charge is 0.466 e. The first-order valence-electron chi connectivity index (χ1n) is 7.40. The molecule has 0 saturated heterocycles. The summed E-state index contributed by atoms with van der Waals surface area (Å²) in [6, 6.07) is 6.13. The van der Waals surface area contributed by atoms with Crippen LogP contribution in [0.2, 0.25) is 0 Å². The van der Waals surface area contributed by atoms with Crippen molar-refractivity contribution in [2.24, 2.45) is 0 Å². The molecule has 7 nitrogen and oxygen atoms in total. The monoisotopic (exact) mass is 317 g/mol. The van der Waals surface area contributed by atoms with Gasteiger partial charge in [-0.2, -0.15) is 0 Å². The molecule has 122 valence electrons. The number of aromatic nitrogens is 2. The summed E-state index contributed by atoms with van der Waals surface area (Å²) >= 11 is 0. The minimum atomic E-state index is -0.448. The molecule has 1 heterocycles. The molecule has 2 rings (SSSR count). The van der Waals surface area contributed by atoms with Crippen LogP contribution in [0, 0.1) is 10.1 Å². The van der Waals surface area contributed by atoms with Gasteiger partial charge in [0.25, 0.3) is 5.69 Å². The summed E-state index contributed by atoms with van der Waals surface area (Å²) in [5.41, 5.74) is 2.29. The second-order valence-corrected chi connectivity index (χ2v) is 5.36. The first-order valence-corrected chi connectivity index (χ1v) is 7.40. The molecular weight excluding hydrogens is 298 g/mol. The fourth-order valence-electron chi connectivity index (χ4n) is 2.35. The summed E-state index contributed by atoms with van der Waals surface area (Å²) in [4.78, 5) is 26.5. The molecule has 0 aliphatic carbocycles. The lowest BCUT2D eigenvalue weighted by Gasteiger charge is -2.11. The summed E-state index contributed by atoms with van der Waals surface area (Å²) in [6.07, 6.45) is 1.74. The summed E-state index contributed by atoms with van der Waals surface area (Å²) in [6.45, 7) is 6.07. The Hall–Kier alpha value is -2.70. The minimum Gasteiger partial charge on any atom is -0.466 e. The molecule has 2 aromatic rings. The van der Waals surface area contributed by atoms with Crippen LogP contribution >= 0.6 is 0 Å². The number of ether oxygens (including phenoxy) is 1. The maximum Gasteiger partial charge on any atom is 0.311 e. The van der Waals surface area contributed by atoms with Crippen LogP contribution < -0.4 is 0 Å². The maximum atomic E-state index is 11.9. The van der Waals surface area contributed by atoms with Gasteiger partial charge in [0.2, 0.25) is 0 Å². The highest BCUT2D eigenvalue weighted by Gasteiger charge is 2.19. The molecule has 0 unspecified atom stereocenters. The normalized spacial score (nSPS) is 10.8. The van der Waals surface area contributed by atoms with Crippen molar-refractivity contribution in [3.05, 3.63) is 52.1 Å². The van der Waals surface area contributed by atoms with Gasteiger partial charge in [0.05, 0.1) is 35.7 Å². The molecule has 0 saturated carbocycles. The highest BCUT2D eigenvalue weighted by Crippen LogP contribution is 2.23. The van der Waals surface area contributed by atoms with Crippen molar-refractivity contribution in [1.82, 2.24) is 9.55 Å². The van der Waals surface area contributed by atoms with Crippen LogP contribution in [-0.4, -0.2) is 27.1 Å². The van der Waals surface area contributed by atoms with Crippen LogP contribution in [0.3, 0.4) is 0 Å². The minimum absolute atomic E-state index is 0.0184. The lowest BCUT2D eigenvalue weighted by atomic mass is 10.1. The van der Waals surface area contributed by atoms with Gasteiger partial charge in [0.1, 0.15) is 0 Å². The second kappa shape index (κ2) is 7.04. The van der Waals surface area contributed by atoms with Crippen molar-refractivity contribution in [3.8, 4) is 5.69 Å². The molecule has 1 aromatic heterocycles. The van der Waals surface area contributed by atoms with Gasteiger partial charge in [0.15, 0.2) is 0 Å². The third kappa shape index (κ3) is 3.74. The smallest absolute Gasteiger partial charge is 0.311 e. The Morgan fingerprint density at radius 1 is 1.35 bits per heavy atom. The van der Waals surface area contributed by atoms with Crippen molar-refractivity contribution in [1.29, 1.82) is 0 Å². The van der Waals surface area contributed by atoms with Crippen molar-refractivity contribution >= 4 is 11.7 Å². The Morgan fingerprint density at radius 2 is 2.00 bits per heavy atom. The van der Waals surface area contributed by atoms with Gasteiger partial charge in [-0.25, -0.2) is 4.98 Å². The van der Waals surface area contributed by atoms with E-state index >= 15 is 0 Å². The van der Waals surface area contributed by atoms with E-state index in [-0.39, 0.29) is 24.0 Å². The van der Waals surface area contributed by atoms with Crippen LogP contribution in [0.25, 0.3) is 5.69 Å². The summed E-state index contributed by atoms with van der Waals surface area (Å²) in [5.74, 6) is -0.170. The highest BCUT2D eigenvalue weighted by molar-refractivity contribution is 5.72. The van der Waals surface area contributed by atoms with E-state index < -0.39 is 4.92 Å². The van der Waals surface area contributed by atoms with Gasteiger partial charge in [-0.05, 0) is 25.0 Å². The number of imidazole rings is 1. The Labute approximate surface area is 134 Å². The predicted octanol–water partition coefficient (Wildman–Crippen LogP) is 3.01. The molecule has 0 atom stereocenters. The number of hydrogen-bond donors (Lipinski definition) is 0. The van der Waals surface area contributed by atoms with Gasteiger partial charge >= 0.3 is 5.97 Å². The van der Waals surface area contributed by atoms with E-state index in [1.54, 1.807) is 30.0 Å². The average Bonchev–Trinajstić information content (AvgIpc) is 2.91. The zero-order valence-electron chi connectivity index (χ0n) is 13.4. The summed E-state index contributed by atoms with van der Waals surface area (Å²) in [7, 11) is 0. The van der Waals surface area contributed by atoms with Crippen LogP contribution in [0.1, 0.15) is 38.1 Å². The number of carbonyl (C=O) groups excluding carboxylic acids is 1. The molecule has 0 spiro atoms. The quantitative estimate of drug-likeness (QED) is 0.464. The van der Waals surface area contributed by atoms with E-state index in [2.05, 4.69) is 4.98 Å². The van der Waals surface area contributed by atoms with Gasteiger partial charge in [-0.3, -0.25) is 14.9 Å². The lowest BCUT2D eigenvalue weighted by Crippen LogP contribution is -2.13. The number of esters is 1. The van der Waals surface area contributed by atoms with E-state index in [1.165, 1.54) is 12.1 Å². The van der Waals surface area contributed by atoms with Gasteiger partial charge < -0.3 is 9.30 Å². The third-order valence-corrected chi connectivity index (χ3v) is 3.40. The summed E-state index contributed by atoms with van der Waals surface area (Å²) < 4.78 is 6.80. The molecule has 0 aliphatic heterocycles. The predicted molar refractivity (Wildman–Crippen MR) is 84.6 cm³/mol. The van der Waals surface area contributed by atoms with E-state index in [0.29, 0.717) is 12.3 Å². The van der Waals surface area contributed by atoms with Gasteiger partial charge in [-0.15, -0.1) is 0 Å². The van der Waals surface area contributed by atoms with Gasteiger partial charge in [0, 0.05) is 17.8 Å². The average molecular weight is 317 g/mol. The molecule has 7 heteroatoms. The molecule has 0 fully saturated rings. The molecule has 23 heavy (non-hydrogen) atoms. The zero-order valence-corrected chi connectivity index (χ0v) is 13.4. The van der Waals surface area contributed by atoms with Crippen LogP contribution in [0.4, 0.5) is 5.69 Å². The number of hydrogen-bond acceptors (Lipinski definition) is 5. The maximum absolute atomic E-state index is 11.9. The number of benzene rings is 1. The van der Waals surface area contributed by atoms with E-state index in [4.69, 9.17) is 4.74 Å². The Kier molecular flexibility index (Phi) is 5.10. The number of nitrogens with zero attached hydrogens (tertiary/aromatic N) is 3. The molecule has 0 N–H and O–H groups in total. The van der Waals surface area contributed by atoms with E-state index in [1.807, 2.05) is 13.8 Å². The Balaban J connectivity index is 2.41. The van der Waals surface area contributed by atoms with E-state index in [9.17, 15) is 14.9 Å². The van der Waals surface area contributed by atoms with E-state index in [0.717, 1.165) is 11.4 Å². The molecule has 0 aliphatic rings. The SMILES string of the molecule is CCOC(=O)Cc1c(C(C)C)ncn1-c1ccc([N+](=O)[O-])cc1. The van der Waals surface area contributed by atoms with Crippen LogP contribution in [-0.2, 0) is 16.0 Å². The fourth-order valence-corrected chi connectivity index (χ4v) is 2.35. The van der Waals surface area contributed by atoms with Crippen molar-refractivity contribution in [2.75, 3.05) is 6.61 Å². The zero-order chi connectivity index (χ0) is 17.0. The lowest BCUT2D eigenvalue weighted by molar-refractivity contribution is -0.384. The molecule has 1 aromatic carbocycles. The Bertz CT molecular complexity index is 705. The van der Waals surface area contributed by atoms with Crippen molar-refractivity contribution < 1.29 is 14.5 Å². The second-order valence-electron chi connectivity index (χ2n) is 5.36. The first kappa shape index (κ1) is 16.7. The highest BCUT2D eigenvalue weighted by atomic mass is 16.6. The van der Waals surface area contributed by atoms with Crippen molar-refractivity contribution in [2.45, 2.75) is 33.1 Å². The number of non-ortho nitro benzene ring substituents is 1. The number of rotatable bonds is 6. The topological polar surface area (TPSA) is 87.3 Å². The van der Waals surface area contributed by atoms with Crippen molar-refractivity contribution in [3.63, 3.8) is 0 Å². The molecule has 0 amide bonds. The Morgan fingerprint density at radius 3 is 2.52 bits per heavy atom. The molecule has 0 bridgehead atoms. The fraction of sp³-hybridized carbons (Fsp3) is 0.375. The summed E-state index contributed by atoms with van der Waals surface area (Å²) in [5, 5.41) is 10.8. The standard InChI is InChI=1S/C16H19N3O4/c1-4-23-15(20)9-14-16(11(2)3)17-10-18(14)12-5-7-13(8-6-12)19(21)22/h5-8,10-11H,4,9H2,1-3H3. The number of nitro groups is 1. The number of nitro benzene ring substituents is 1.